The van der Waals surface area contributed by atoms with Crippen molar-refractivity contribution in [2.24, 2.45) is 5.10 Å². The molecule has 3 aromatic carbocycles. The molecule has 3 rings (SSSR count). The molecule has 0 radical (unpaired) electrons. The Bertz CT molecular complexity index is 1000. The van der Waals surface area contributed by atoms with Crippen LogP contribution >= 0.6 is 57.4 Å². The fraction of sp³-hybridized carbons (Fsp3) is 0.143. The maximum Gasteiger partial charge on any atom is 0.186 e. The Morgan fingerprint density at radius 1 is 1.07 bits per heavy atom. The van der Waals surface area contributed by atoms with Gasteiger partial charge in [-0.2, -0.15) is 5.10 Å². The van der Waals surface area contributed by atoms with Crippen molar-refractivity contribution in [3.8, 4) is 5.75 Å². The molecule has 0 unspecified atom stereocenters. The van der Waals surface area contributed by atoms with Gasteiger partial charge in [0, 0.05) is 6.54 Å². The molecular weight excluding hydrogens is 596 g/mol. The van der Waals surface area contributed by atoms with Crippen LogP contribution in [-0.4, -0.2) is 17.9 Å². The molecule has 3 aromatic rings. The highest BCUT2D eigenvalue weighted by Crippen LogP contribution is 2.29. The molecule has 0 fully saturated rings. The van der Waals surface area contributed by atoms with Gasteiger partial charge in [-0.25, -0.2) is 0 Å². The lowest BCUT2D eigenvalue weighted by molar-refractivity contribution is 0.302. The summed E-state index contributed by atoms with van der Waals surface area (Å²) in [5.41, 5.74) is 4.94. The number of hydrogen-bond acceptors (Lipinski definition) is 3. The lowest BCUT2D eigenvalue weighted by Crippen LogP contribution is -2.31. The highest BCUT2D eigenvalue weighted by atomic mass is 127. The van der Waals surface area contributed by atoms with E-state index in [-0.39, 0.29) is 0 Å². The SMILES string of the molecule is CCNC(=S)N/N=C\c1cc(I)c(OCc2ccc3ccccc3c2)c(I)c1. The molecule has 0 aliphatic carbocycles. The molecule has 0 amide bonds. The average molecular weight is 615 g/mol. The number of halogens is 2. The van der Waals surface area contributed by atoms with Crippen LogP contribution in [0.4, 0.5) is 0 Å². The quantitative estimate of drug-likeness (QED) is 0.168. The second kappa shape index (κ2) is 10.4. The molecule has 0 aliphatic rings. The van der Waals surface area contributed by atoms with E-state index in [0.29, 0.717) is 11.7 Å². The first-order chi connectivity index (χ1) is 13.6. The number of thiocarbonyl (C=S) groups is 1. The second-order valence-electron chi connectivity index (χ2n) is 6.01. The van der Waals surface area contributed by atoms with E-state index in [1.165, 1.54) is 10.8 Å². The number of nitrogens with zero attached hydrogens (tertiary/aromatic N) is 1. The zero-order chi connectivity index (χ0) is 19.9. The minimum atomic E-state index is 0.512. The van der Waals surface area contributed by atoms with Crippen LogP contribution < -0.4 is 15.5 Å². The molecule has 0 aromatic heterocycles. The highest BCUT2D eigenvalue weighted by Gasteiger charge is 2.09. The predicted octanol–water partition coefficient (Wildman–Crippen LogP) is 5.45. The van der Waals surface area contributed by atoms with E-state index in [1.54, 1.807) is 6.21 Å². The summed E-state index contributed by atoms with van der Waals surface area (Å²) in [6.07, 6.45) is 1.75. The lowest BCUT2D eigenvalue weighted by Gasteiger charge is -2.12. The van der Waals surface area contributed by atoms with Gasteiger partial charge in [0.1, 0.15) is 12.4 Å². The number of benzene rings is 3. The van der Waals surface area contributed by atoms with Gasteiger partial charge in [0.2, 0.25) is 0 Å². The molecule has 4 nitrogen and oxygen atoms in total. The zero-order valence-electron chi connectivity index (χ0n) is 15.2. The molecule has 0 spiro atoms. The maximum absolute atomic E-state index is 6.13. The van der Waals surface area contributed by atoms with Crippen LogP contribution in [-0.2, 0) is 6.61 Å². The molecule has 144 valence electrons. The van der Waals surface area contributed by atoms with E-state index in [1.807, 2.05) is 19.1 Å². The highest BCUT2D eigenvalue weighted by molar-refractivity contribution is 14.1. The van der Waals surface area contributed by atoms with Gasteiger partial charge in [-0.1, -0.05) is 36.4 Å². The van der Waals surface area contributed by atoms with Crippen LogP contribution in [0.5, 0.6) is 5.75 Å². The van der Waals surface area contributed by atoms with Crippen LogP contribution in [0.25, 0.3) is 10.8 Å². The van der Waals surface area contributed by atoms with Gasteiger partial charge in [-0.15, -0.1) is 0 Å². The fourth-order valence-corrected chi connectivity index (χ4v) is 4.97. The van der Waals surface area contributed by atoms with Crippen LogP contribution in [0, 0.1) is 7.14 Å². The van der Waals surface area contributed by atoms with E-state index in [0.717, 1.165) is 30.6 Å². The molecule has 0 aliphatic heterocycles. The normalized spacial score (nSPS) is 11.0. The molecule has 0 atom stereocenters. The largest absolute Gasteiger partial charge is 0.487 e. The van der Waals surface area contributed by atoms with E-state index < -0.39 is 0 Å². The minimum Gasteiger partial charge on any atom is -0.487 e. The number of hydrogen-bond donors (Lipinski definition) is 2. The molecule has 28 heavy (non-hydrogen) atoms. The van der Waals surface area contributed by atoms with Gasteiger partial charge in [0.05, 0.1) is 13.4 Å². The summed E-state index contributed by atoms with van der Waals surface area (Å²) in [6.45, 7) is 3.28. The van der Waals surface area contributed by atoms with Crippen LogP contribution in [0.1, 0.15) is 18.1 Å². The van der Waals surface area contributed by atoms with Gasteiger partial charge >= 0.3 is 0 Å². The third-order valence-corrected chi connectivity index (χ3v) is 5.77. The van der Waals surface area contributed by atoms with Gasteiger partial charge in [0.15, 0.2) is 5.11 Å². The summed E-state index contributed by atoms with van der Waals surface area (Å²) in [4.78, 5) is 0. The van der Waals surface area contributed by atoms with Crippen molar-refractivity contribution in [1.29, 1.82) is 0 Å². The third-order valence-electron chi connectivity index (χ3n) is 3.93. The lowest BCUT2D eigenvalue weighted by atomic mass is 10.1. The molecule has 0 bridgehead atoms. The Labute approximate surface area is 197 Å². The monoisotopic (exact) mass is 615 g/mol. The molecule has 7 heteroatoms. The van der Waals surface area contributed by atoms with E-state index >= 15 is 0 Å². The minimum absolute atomic E-state index is 0.512. The van der Waals surface area contributed by atoms with Crippen LogP contribution in [0.3, 0.4) is 0 Å². The maximum atomic E-state index is 6.13. The van der Waals surface area contributed by atoms with Crippen molar-refractivity contribution in [3.63, 3.8) is 0 Å². The van der Waals surface area contributed by atoms with Crippen molar-refractivity contribution in [2.75, 3.05) is 6.54 Å². The number of nitrogens with one attached hydrogen (secondary N) is 2. The van der Waals surface area contributed by atoms with Gasteiger partial charge < -0.3 is 10.1 Å². The molecule has 0 saturated carbocycles. The van der Waals surface area contributed by atoms with E-state index in [9.17, 15) is 0 Å². The first-order valence-corrected chi connectivity index (χ1v) is 11.3. The third kappa shape index (κ3) is 5.77. The summed E-state index contributed by atoms with van der Waals surface area (Å²) >= 11 is 9.69. The number of rotatable bonds is 6. The predicted molar refractivity (Wildman–Crippen MR) is 137 cm³/mol. The van der Waals surface area contributed by atoms with Gasteiger partial charge in [-0.05, 0) is 104 Å². The van der Waals surface area contributed by atoms with Gasteiger partial charge in [-0.3, -0.25) is 5.43 Å². The summed E-state index contributed by atoms with van der Waals surface area (Å²) in [5, 5.41) is 10.1. The Kier molecular flexibility index (Phi) is 7.86. The second-order valence-corrected chi connectivity index (χ2v) is 8.75. The van der Waals surface area contributed by atoms with Crippen LogP contribution in [0.15, 0.2) is 59.7 Å². The number of hydrazone groups is 1. The first kappa shape index (κ1) is 21.3. The Hall–Kier alpha value is -1.46. The van der Waals surface area contributed by atoms with Crippen molar-refractivity contribution in [3.05, 3.63) is 72.9 Å². The van der Waals surface area contributed by atoms with Crippen LogP contribution in [0.2, 0.25) is 0 Å². The van der Waals surface area contributed by atoms with Crippen molar-refractivity contribution in [1.82, 2.24) is 10.7 Å². The zero-order valence-corrected chi connectivity index (χ0v) is 20.3. The Morgan fingerprint density at radius 3 is 2.50 bits per heavy atom. The Balaban J connectivity index is 1.68. The van der Waals surface area contributed by atoms with E-state index in [4.69, 9.17) is 17.0 Å². The Morgan fingerprint density at radius 2 is 1.79 bits per heavy atom. The first-order valence-electron chi connectivity index (χ1n) is 8.73. The fourth-order valence-electron chi connectivity index (χ4n) is 2.64. The topological polar surface area (TPSA) is 45.7 Å². The van der Waals surface area contributed by atoms with Crippen molar-refractivity contribution < 1.29 is 4.74 Å². The summed E-state index contributed by atoms with van der Waals surface area (Å²) in [5.74, 6) is 0.891. The molecule has 2 N–H and O–H groups in total. The summed E-state index contributed by atoms with van der Waals surface area (Å²) < 4.78 is 8.21. The summed E-state index contributed by atoms with van der Waals surface area (Å²) in [7, 11) is 0. The molecule has 0 heterocycles. The van der Waals surface area contributed by atoms with E-state index in [2.05, 4.69) is 103 Å². The van der Waals surface area contributed by atoms with Gasteiger partial charge in [0.25, 0.3) is 0 Å². The smallest absolute Gasteiger partial charge is 0.186 e. The standard InChI is InChI=1S/C21H19I2N3OS/c1-2-24-21(28)26-25-12-15-10-18(22)20(19(23)11-15)27-13-14-7-8-16-5-3-4-6-17(16)9-14/h3-12H,2,13H2,1H3,(H2,24,26,28)/b25-12-. The molecular formula is C21H19I2N3OS. The summed E-state index contributed by atoms with van der Waals surface area (Å²) in [6, 6.07) is 18.9. The number of ether oxygens (including phenoxy) is 1. The average Bonchev–Trinajstić information content (AvgIpc) is 2.67. The molecule has 0 saturated heterocycles. The van der Waals surface area contributed by atoms with Crippen molar-refractivity contribution >= 4 is 79.5 Å². The number of fused-ring (bicyclic) bond motifs is 1. The van der Waals surface area contributed by atoms with Crippen molar-refractivity contribution in [2.45, 2.75) is 13.5 Å².